The first-order chi connectivity index (χ1) is 15.3. The fraction of sp³-hybridized carbons (Fsp3) is 0.409. The number of phenols is 1. The number of ether oxygens (including phenoxy) is 1. The van der Waals surface area contributed by atoms with Crippen molar-refractivity contribution in [1.29, 1.82) is 0 Å². The van der Waals surface area contributed by atoms with Gasteiger partial charge in [0.1, 0.15) is 16.2 Å². The molecule has 0 bridgehead atoms. The first-order valence-corrected chi connectivity index (χ1v) is 12.1. The quantitative estimate of drug-likeness (QED) is 0.396. The summed E-state index contributed by atoms with van der Waals surface area (Å²) in [4.78, 5) is 14.0. The van der Waals surface area contributed by atoms with Crippen molar-refractivity contribution in [2.75, 3.05) is 49.4 Å². The summed E-state index contributed by atoms with van der Waals surface area (Å²) in [6, 6.07) is 9.32. The van der Waals surface area contributed by atoms with Crippen LogP contribution >= 0.6 is 0 Å². The molecule has 4 N–H and O–H groups in total. The number of carboxylic acids is 1. The molecule has 0 atom stereocenters. The van der Waals surface area contributed by atoms with Gasteiger partial charge in [-0.2, -0.15) is 0 Å². The van der Waals surface area contributed by atoms with E-state index in [0.29, 0.717) is 24.2 Å². The second-order valence-electron chi connectivity index (χ2n) is 7.49. The van der Waals surface area contributed by atoms with Crippen molar-refractivity contribution >= 4 is 27.4 Å². The molecule has 0 amide bonds. The Kier molecular flexibility index (Phi) is 7.94. The van der Waals surface area contributed by atoms with Gasteiger partial charge in [0.05, 0.1) is 24.6 Å². The average Bonchev–Trinajstić information content (AvgIpc) is 2.77. The van der Waals surface area contributed by atoms with Crippen LogP contribution in [0, 0.1) is 0 Å². The smallest absolute Gasteiger partial charge is 0.341 e. The molecule has 1 aliphatic rings. The van der Waals surface area contributed by atoms with Crippen LogP contribution in [0.2, 0.25) is 0 Å². The number of hydrogen-bond acceptors (Lipinski definition) is 7. The molecule has 0 aromatic heterocycles. The van der Waals surface area contributed by atoms with E-state index in [0.717, 1.165) is 39.3 Å². The highest BCUT2D eigenvalue weighted by atomic mass is 32.2. The Morgan fingerprint density at radius 2 is 1.84 bits per heavy atom. The maximum atomic E-state index is 13.1. The molecule has 0 radical (unpaired) electrons. The molecule has 1 aliphatic heterocycles. The third-order valence-corrected chi connectivity index (χ3v) is 6.77. The molecule has 1 fully saturated rings. The number of carboxylic acid groups (broad SMARTS) is 1. The van der Waals surface area contributed by atoms with E-state index in [9.17, 15) is 23.4 Å². The number of aromatic hydroxyl groups is 1. The van der Waals surface area contributed by atoms with E-state index in [2.05, 4.69) is 14.9 Å². The van der Waals surface area contributed by atoms with Gasteiger partial charge >= 0.3 is 5.97 Å². The number of morpholine rings is 1. The minimum atomic E-state index is -4.11. The van der Waals surface area contributed by atoms with Gasteiger partial charge in [0.25, 0.3) is 10.0 Å². The number of benzene rings is 2. The summed E-state index contributed by atoms with van der Waals surface area (Å²) in [5, 5.41) is 23.0. The standard InChI is InChI=1S/C22H29N3O6S/c1-2-16-8-9-18(20(21(16)26)22(27)28)24-32(29,30)19-7-4-3-6-17(19)23-10-5-11-25-12-14-31-15-13-25/h3-4,6-9,23-24,26H,2,5,10-15H2,1H3,(H,27,28). The van der Waals surface area contributed by atoms with Gasteiger partial charge in [0.2, 0.25) is 0 Å². The average molecular weight is 464 g/mol. The summed E-state index contributed by atoms with van der Waals surface area (Å²) in [7, 11) is -4.11. The third-order valence-electron chi connectivity index (χ3n) is 5.35. The molecule has 0 saturated carbocycles. The Hall–Kier alpha value is -2.82. The van der Waals surface area contributed by atoms with Crippen molar-refractivity contribution in [3.63, 3.8) is 0 Å². The summed E-state index contributed by atoms with van der Waals surface area (Å²) in [5.41, 5.74) is 0.194. The molecule has 174 valence electrons. The first-order valence-electron chi connectivity index (χ1n) is 10.6. The number of para-hydroxylation sites is 1. The molecular weight excluding hydrogens is 434 g/mol. The first kappa shape index (κ1) is 23.8. The highest BCUT2D eigenvalue weighted by Crippen LogP contribution is 2.32. The molecule has 32 heavy (non-hydrogen) atoms. The molecule has 3 rings (SSSR count). The molecule has 0 unspecified atom stereocenters. The van der Waals surface area contributed by atoms with Gasteiger partial charge in [-0.25, -0.2) is 13.2 Å². The number of carbonyl (C=O) groups is 1. The monoisotopic (exact) mass is 463 g/mol. The van der Waals surface area contributed by atoms with Gasteiger partial charge < -0.3 is 20.3 Å². The van der Waals surface area contributed by atoms with E-state index >= 15 is 0 Å². The summed E-state index contributed by atoms with van der Waals surface area (Å²) in [6.07, 6.45) is 1.24. The minimum absolute atomic E-state index is 0.00164. The van der Waals surface area contributed by atoms with Gasteiger partial charge in [0, 0.05) is 19.6 Å². The van der Waals surface area contributed by atoms with E-state index in [-0.39, 0.29) is 10.6 Å². The second-order valence-corrected chi connectivity index (χ2v) is 9.14. The maximum Gasteiger partial charge on any atom is 0.341 e. The van der Waals surface area contributed by atoms with Crippen molar-refractivity contribution in [3.8, 4) is 5.75 Å². The normalized spacial score (nSPS) is 14.8. The van der Waals surface area contributed by atoms with Crippen LogP contribution < -0.4 is 10.0 Å². The fourth-order valence-electron chi connectivity index (χ4n) is 3.62. The molecule has 2 aromatic carbocycles. The number of aryl methyl sites for hydroxylation is 1. The summed E-state index contributed by atoms with van der Waals surface area (Å²) < 4.78 is 33.9. The number of sulfonamides is 1. The van der Waals surface area contributed by atoms with Crippen LogP contribution in [0.1, 0.15) is 29.3 Å². The number of hydrogen-bond donors (Lipinski definition) is 4. The molecule has 0 aliphatic carbocycles. The van der Waals surface area contributed by atoms with Gasteiger partial charge in [-0.05, 0) is 43.1 Å². The fourth-order valence-corrected chi connectivity index (χ4v) is 4.88. The topological polar surface area (TPSA) is 128 Å². The Labute approximate surface area is 188 Å². The van der Waals surface area contributed by atoms with E-state index in [1.54, 1.807) is 25.1 Å². The predicted octanol–water partition coefficient (Wildman–Crippen LogP) is 2.59. The van der Waals surface area contributed by atoms with Crippen molar-refractivity contribution < 1.29 is 28.2 Å². The number of aromatic carboxylic acids is 1. The van der Waals surface area contributed by atoms with Crippen LogP contribution in [-0.4, -0.2) is 68.9 Å². The molecule has 9 nitrogen and oxygen atoms in total. The minimum Gasteiger partial charge on any atom is -0.507 e. The second kappa shape index (κ2) is 10.7. The Morgan fingerprint density at radius 3 is 2.53 bits per heavy atom. The van der Waals surface area contributed by atoms with E-state index in [4.69, 9.17) is 4.74 Å². The molecule has 2 aromatic rings. The van der Waals surface area contributed by atoms with Gasteiger partial charge in [-0.1, -0.05) is 25.1 Å². The lowest BCUT2D eigenvalue weighted by atomic mass is 10.1. The van der Waals surface area contributed by atoms with Crippen molar-refractivity contribution in [3.05, 3.63) is 47.5 Å². The van der Waals surface area contributed by atoms with Crippen LogP contribution in [0.5, 0.6) is 5.75 Å². The third kappa shape index (κ3) is 5.70. The van der Waals surface area contributed by atoms with Crippen LogP contribution in [-0.2, 0) is 21.2 Å². The van der Waals surface area contributed by atoms with Gasteiger partial charge in [-0.15, -0.1) is 0 Å². The molecule has 1 saturated heterocycles. The summed E-state index contributed by atoms with van der Waals surface area (Å²) >= 11 is 0. The van der Waals surface area contributed by atoms with Crippen molar-refractivity contribution in [2.45, 2.75) is 24.7 Å². The molecular formula is C22H29N3O6S. The van der Waals surface area contributed by atoms with Gasteiger partial charge in [0.15, 0.2) is 0 Å². The van der Waals surface area contributed by atoms with Gasteiger partial charge in [-0.3, -0.25) is 9.62 Å². The van der Waals surface area contributed by atoms with E-state index in [1.165, 1.54) is 18.2 Å². The van der Waals surface area contributed by atoms with Crippen LogP contribution in [0.3, 0.4) is 0 Å². The van der Waals surface area contributed by atoms with Crippen LogP contribution in [0.15, 0.2) is 41.3 Å². The Morgan fingerprint density at radius 1 is 1.12 bits per heavy atom. The van der Waals surface area contributed by atoms with Crippen molar-refractivity contribution in [2.24, 2.45) is 0 Å². The van der Waals surface area contributed by atoms with Crippen LogP contribution in [0.25, 0.3) is 0 Å². The predicted molar refractivity (Wildman–Crippen MR) is 122 cm³/mol. The highest BCUT2D eigenvalue weighted by Gasteiger charge is 2.24. The number of rotatable bonds is 10. The van der Waals surface area contributed by atoms with Crippen LogP contribution in [0.4, 0.5) is 11.4 Å². The zero-order valence-corrected chi connectivity index (χ0v) is 18.8. The Bertz CT molecular complexity index is 1050. The lowest BCUT2D eigenvalue weighted by Gasteiger charge is -2.26. The summed E-state index contributed by atoms with van der Waals surface area (Å²) in [5.74, 6) is -1.85. The molecule has 1 heterocycles. The summed E-state index contributed by atoms with van der Waals surface area (Å²) in [6.45, 7) is 6.48. The lowest BCUT2D eigenvalue weighted by Crippen LogP contribution is -2.37. The van der Waals surface area contributed by atoms with Crippen molar-refractivity contribution in [1.82, 2.24) is 4.90 Å². The number of anilines is 2. The number of nitrogens with zero attached hydrogens (tertiary/aromatic N) is 1. The highest BCUT2D eigenvalue weighted by molar-refractivity contribution is 7.92. The number of nitrogens with one attached hydrogen (secondary N) is 2. The zero-order valence-electron chi connectivity index (χ0n) is 18.0. The Balaban J connectivity index is 1.75. The lowest BCUT2D eigenvalue weighted by molar-refractivity contribution is 0.0378. The largest absolute Gasteiger partial charge is 0.507 e. The van der Waals surface area contributed by atoms with E-state index < -0.39 is 27.3 Å². The zero-order chi connectivity index (χ0) is 23.1. The molecule has 0 spiro atoms. The SMILES string of the molecule is CCc1ccc(NS(=O)(=O)c2ccccc2NCCCN2CCOCC2)c(C(=O)O)c1O. The van der Waals surface area contributed by atoms with E-state index in [1.807, 2.05) is 0 Å². The molecule has 10 heteroatoms. The maximum absolute atomic E-state index is 13.1.